The summed E-state index contributed by atoms with van der Waals surface area (Å²) in [6.45, 7) is 7.84. The lowest BCUT2D eigenvalue weighted by atomic mass is 10.2. The molecule has 3 aromatic rings. The fraction of sp³-hybridized carbons (Fsp3) is 0.333. The van der Waals surface area contributed by atoms with Crippen molar-refractivity contribution in [3.05, 3.63) is 46.6 Å². The number of amides is 1. The van der Waals surface area contributed by atoms with Crippen molar-refractivity contribution in [3.63, 3.8) is 0 Å². The van der Waals surface area contributed by atoms with Crippen LogP contribution in [0.15, 0.2) is 30.3 Å². The Bertz CT molecular complexity index is 884. The number of aromatic nitrogens is 4. The van der Waals surface area contributed by atoms with Gasteiger partial charge in [-0.15, -0.1) is 16.4 Å². The minimum atomic E-state index is -0.0799. The van der Waals surface area contributed by atoms with E-state index in [1.807, 2.05) is 58.0 Å². The highest BCUT2D eigenvalue weighted by Crippen LogP contribution is 2.29. The van der Waals surface area contributed by atoms with E-state index < -0.39 is 0 Å². The summed E-state index contributed by atoms with van der Waals surface area (Å²) >= 11 is 1.36. The molecule has 7 heteroatoms. The monoisotopic (exact) mass is 355 g/mol. The van der Waals surface area contributed by atoms with Crippen LogP contribution >= 0.6 is 11.3 Å². The zero-order valence-electron chi connectivity index (χ0n) is 14.8. The number of hydrogen-bond acceptors (Lipinski definition) is 5. The lowest BCUT2D eigenvalue weighted by Gasteiger charge is -2.09. The van der Waals surface area contributed by atoms with Gasteiger partial charge in [-0.2, -0.15) is 0 Å². The lowest BCUT2D eigenvalue weighted by molar-refractivity contribution is 0.0942. The van der Waals surface area contributed by atoms with E-state index in [4.69, 9.17) is 0 Å². The number of thiazole rings is 1. The summed E-state index contributed by atoms with van der Waals surface area (Å²) in [4.78, 5) is 17.6. The molecule has 0 spiro atoms. The van der Waals surface area contributed by atoms with Crippen molar-refractivity contribution in [2.75, 3.05) is 0 Å². The third-order valence-electron chi connectivity index (χ3n) is 4.09. The molecule has 0 aliphatic rings. The van der Waals surface area contributed by atoms with Crippen LogP contribution < -0.4 is 5.32 Å². The van der Waals surface area contributed by atoms with E-state index in [1.165, 1.54) is 11.3 Å². The molecule has 2 aromatic heterocycles. The second kappa shape index (κ2) is 7.14. The molecule has 0 aliphatic heterocycles. The van der Waals surface area contributed by atoms with Crippen LogP contribution in [-0.2, 0) is 0 Å². The second-order valence-electron chi connectivity index (χ2n) is 5.99. The molecule has 130 valence electrons. The molecule has 1 N–H and O–H groups in total. The van der Waals surface area contributed by atoms with Gasteiger partial charge in [-0.3, -0.25) is 4.79 Å². The van der Waals surface area contributed by atoms with Crippen LogP contribution in [-0.4, -0.2) is 31.9 Å². The Morgan fingerprint density at radius 2 is 2.00 bits per heavy atom. The van der Waals surface area contributed by atoms with Gasteiger partial charge in [0.05, 0.1) is 17.1 Å². The third kappa shape index (κ3) is 3.46. The maximum Gasteiger partial charge on any atom is 0.263 e. The van der Waals surface area contributed by atoms with Gasteiger partial charge in [0.15, 0.2) is 0 Å². The number of nitrogens with zero attached hydrogens (tertiary/aromatic N) is 4. The van der Waals surface area contributed by atoms with Crippen molar-refractivity contribution >= 4 is 17.2 Å². The normalized spacial score (nSPS) is 12.2. The maximum atomic E-state index is 12.4. The fourth-order valence-electron chi connectivity index (χ4n) is 2.44. The lowest BCUT2D eigenvalue weighted by Crippen LogP contribution is -2.31. The summed E-state index contributed by atoms with van der Waals surface area (Å²) in [6.07, 6.45) is 0.890. The molecule has 0 saturated carbocycles. The van der Waals surface area contributed by atoms with Crippen LogP contribution in [0, 0.1) is 13.8 Å². The van der Waals surface area contributed by atoms with E-state index in [0.29, 0.717) is 15.6 Å². The highest BCUT2D eigenvalue weighted by atomic mass is 32.1. The largest absolute Gasteiger partial charge is 0.349 e. The molecule has 1 aromatic carbocycles. The number of nitrogens with one attached hydrogen (secondary N) is 1. The van der Waals surface area contributed by atoms with Crippen molar-refractivity contribution in [2.24, 2.45) is 0 Å². The van der Waals surface area contributed by atoms with Gasteiger partial charge in [-0.25, -0.2) is 9.67 Å². The number of para-hydroxylation sites is 1. The van der Waals surface area contributed by atoms with Crippen LogP contribution in [0.1, 0.15) is 41.3 Å². The number of carbonyl (C=O) groups is 1. The summed E-state index contributed by atoms with van der Waals surface area (Å²) in [6, 6.07) is 9.97. The first kappa shape index (κ1) is 17.3. The van der Waals surface area contributed by atoms with Crippen molar-refractivity contribution in [1.29, 1.82) is 0 Å². The molecule has 6 nitrogen and oxygen atoms in total. The molecule has 0 aliphatic carbocycles. The summed E-state index contributed by atoms with van der Waals surface area (Å²) in [5.74, 6) is -0.0799. The van der Waals surface area contributed by atoms with Gasteiger partial charge in [-0.05, 0) is 39.3 Å². The Labute approximate surface area is 150 Å². The average Bonchev–Trinajstić information content (AvgIpc) is 3.18. The first-order valence-electron chi connectivity index (χ1n) is 8.27. The van der Waals surface area contributed by atoms with Gasteiger partial charge in [0.25, 0.3) is 5.91 Å². The third-order valence-corrected chi connectivity index (χ3v) is 5.25. The molecule has 1 atom stereocenters. The standard InChI is InChI=1S/C18H21N5OS/c1-5-11(2)19-17(24)16-12(3)20-18(25-16)15-13(4)23(22-21-15)14-9-7-6-8-10-14/h6-11H,5H2,1-4H3,(H,19,24). The number of aryl methyl sites for hydroxylation is 1. The molecule has 3 rings (SSSR count). The average molecular weight is 355 g/mol. The number of hydrogen-bond donors (Lipinski definition) is 1. The topological polar surface area (TPSA) is 72.7 Å². The van der Waals surface area contributed by atoms with Gasteiger partial charge in [0.1, 0.15) is 15.6 Å². The van der Waals surface area contributed by atoms with Crippen LogP contribution in [0.2, 0.25) is 0 Å². The minimum Gasteiger partial charge on any atom is -0.349 e. The van der Waals surface area contributed by atoms with Gasteiger partial charge in [0.2, 0.25) is 0 Å². The summed E-state index contributed by atoms with van der Waals surface area (Å²) < 4.78 is 1.78. The summed E-state index contributed by atoms with van der Waals surface area (Å²) in [7, 11) is 0. The van der Waals surface area contributed by atoms with E-state index in [-0.39, 0.29) is 11.9 Å². The smallest absolute Gasteiger partial charge is 0.263 e. The van der Waals surface area contributed by atoms with E-state index in [9.17, 15) is 4.79 Å². The SMILES string of the molecule is CCC(C)NC(=O)c1sc(-c2nnn(-c3ccccc3)c2C)nc1C. The molecule has 0 radical (unpaired) electrons. The Morgan fingerprint density at radius 1 is 1.28 bits per heavy atom. The Hall–Kier alpha value is -2.54. The Balaban J connectivity index is 1.93. The van der Waals surface area contributed by atoms with Crippen LogP contribution in [0.25, 0.3) is 16.4 Å². The Morgan fingerprint density at radius 3 is 2.68 bits per heavy atom. The molecule has 1 unspecified atom stereocenters. The van der Waals surface area contributed by atoms with Crippen LogP contribution in [0.5, 0.6) is 0 Å². The molecular weight excluding hydrogens is 334 g/mol. The van der Waals surface area contributed by atoms with Crippen LogP contribution in [0.3, 0.4) is 0 Å². The van der Waals surface area contributed by atoms with Gasteiger partial charge >= 0.3 is 0 Å². The van der Waals surface area contributed by atoms with Crippen molar-refractivity contribution < 1.29 is 4.79 Å². The zero-order valence-corrected chi connectivity index (χ0v) is 15.6. The van der Waals surface area contributed by atoms with Crippen molar-refractivity contribution in [2.45, 2.75) is 40.2 Å². The Kier molecular flexibility index (Phi) is 4.94. The zero-order chi connectivity index (χ0) is 18.0. The van der Waals surface area contributed by atoms with Crippen molar-refractivity contribution in [3.8, 4) is 16.4 Å². The van der Waals surface area contributed by atoms with Crippen molar-refractivity contribution in [1.82, 2.24) is 25.3 Å². The number of benzene rings is 1. The van der Waals surface area contributed by atoms with Gasteiger partial charge in [-0.1, -0.05) is 30.3 Å². The fourth-order valence-corrected chi connectivity index (χ4v) is 3.45. The molecule has 0 fully saturated rings. The van der Waals surface area contributed by atoms with Crippen LogP contribution in [0.4, 0.5) is 0 Å². The predicted molar refractivity (Wildman–Crippen MR) is 99.2 cm³/mol. The quantitative estimate of drug-likeness (QED) is 0.760. The molecule has 2 heterocycles. The van der Waals surface area contributed by atoms with E-state index in [0.717, 1.165) is 23.5 Å². The molecular formula is C18H21N5OS. The minimum absolute atomic E-state index is 0.0799. The number of carbonyl (C=O) groups excluding carboxylic acids is 1. The predicted octanol–water partition coefficient (Wildman–Crippen LogP) is 3.54. The molecule has 25 heavy (non-hydrogen) atoms. The second-order valence-corrected chi connectivity index (χ2v) is 6.99. The van der Waals surface area contributed by atoms with E-state index >= 15 is 0 Å². The maximum absolute atomic E-state index is 12.4. The highest BCUT2D eigenvalue weighted by Gasteiger charge is 2.21. The molecule has 1 amide bonds. The molecule has 0 saturated heterocycles. The van der Waals surface area contributed by atoms with Gasteiger partial charge in [0, 0.05) is 6.04 Å². The van der Waals surface area contributed by atoms with E-state index in [1.54, 1.807) is 4.68 Å². The van der Waals surface area contributed by atoms with E-state index in [2.05, 4.69) is 20.6 Å². The first-order chi connectivity index (χ1) is 12.0. The highest BCUT2D eigenvalue weighted by molar-refractivity contribution is 7.17. The molecule has 0 bridgehead atoms. The number of rotatable bonds is 5. The summed E-state index contributed by atoms with van der Waals surface area (Å²) in [5.41, 5.74) is 3.27. The first-order valence-corrected chi connectivity index (χ1v) is 9.09. The summed E-state index contributed by atoms with van der Waals surface area (Å²) in [5, 5.41) is 12.2. The van der Waals surface area contributed by atoms with Gasteiger partial charge < -0.3 is 5.32 Å².